The number of nitro benzene ring substituents is 1. The Kier molecular flexibility index (Phi) is 7.07. The van der Waals surface area contributed by atoms with Gasteiger partial charge in [-0.3, -0.25) is 14.9 Å². The van der Waals surface area contributed by atoms with Crippen molar-refractivity contribution in [2.45, 2.75) is 6.42 Å². The Morgan fingerprint density at radius 1 is 1.09 bits per heavy atom. The molecule has 0 fully saturated rings. The molecular formula is C23H19ClN2O6. The monoisotopic (exact) mass is 454 g/mol. The number of carbonyl (C=O) groups is 2. The molecule has 0 atom stereocenters. The second-order valence-corrected chi connectivity index (χ2v) is 7.28. The topological polar surface area (TPSA) is 119 Å². The summed E-state index contributed by atoms with van der Waals surface area (Å²) in [5.41, 5.74) is 1.74. The molecule has 0 bridgehead atoms. The lowest BCUT2D eigenvalue weighted by Crippen LogP contribution is -2.26. The number of carboxylic acid groups (broad SMARTS) is 1. The summed E-state index contributed by atoms with van der Waals surface area (Å²) < 4.78 is 5.19. The summed E-state index contributed by atoms with van der Waals surface area (Å²) in [5, 5.41) is 23.7. The summed E-state index contributed by atoms with van der Waals surface area (Å²) in [4.78, 5) is 34.3. The van der Waals surface area contributed by atoms with Crippen LogP contribution in [0.15, 0.2) is 60.7 Å². The van der Waals surface area contributed by atoms with E-state index in [4.69, 9.17) is 21.4 Å². The second-order valence-electron chi connectivity index (χ2n) is 6.84. The maximum absolute atomic E-state index is 12.4. The molecule has 0 heterocycles. The molecule has 0 aliphatic heterocycles. The van der Waals surface area contributed by atoms with E-state index in [0.29, 0.717) is 40.4 Å². The quantitative estimate of drug-likeness (QED) is 0.379. The number of carbonyl (C=O) groups excluding carboxylic acids is 1. The van der Waals surface area contributed by atoms with E-state index >= 15 is 0 Å². The van der Waals surface area contributed by atoms with Gasteiger partial charge in [0.05, 0.1) is 28.7 Å². The minimum absolute atomic E-state index is 0.149. The third kappa shape index (κ3) is 5.22. The van der Waals surface area contributed by atoms with E-state index in [1.165, 1.54) is 25.3 Å². The van der Waals surface area contributed by atoms with E-state index in [1.807, 2.05) is 0 Å². The lowest BCUT2D eigenvalue weighted by atomic mass is 9.99. The number of carboxylic acids is 1. The number of hydrogen-bond acceptors (Lipinski definition) is 5. The van der Waals surface area contributed by atoms with Gasteiger partial charge < -0.3 is 15.2 Å². The predicted molar refractivity (Wildman–Crippen MR) is 120 cm³/mol. The molecule has 3 rings (SSSR count). The Bertz CT molecular complexity index is 1180. The van der Waals surface area contributed by atoms with Gasteiger partial charge in [0.2, 0.25) is 0 Å². The Morgan fingerprint density at radius 2 is 1.81 bits per heavy atom. The molecule has 32 heavy (non-hydrogen) atoms. The van der Waals surface area contributed by atoms with Gasteiger partial charge in [-0.15, -0.1) is 0 Å². The molecule has 0 aliphatic rings. The number of hydrogen-bond donors (Lipinski definition) is 2. The van der Waals surface area contributed by atoms with Crippen molar-refractivity contribution in [3.63, 3.8) is 0 Å². The van der Waals surface area contributed by atoms with Crippen LogP contribution in [-0.2, 0) is 6.42 Å². The first-order chi connectivity index (χ1) is 15.3. The van der Waals surface area contributed by atoms with Gasteiger partial charge >= 0.3 is 5.97 Å². The smallest absolute Gasteiger partial charge is 0.335 e. The fraction of sp³-hybridized carbons (Fsp3) is 0.130. The van der Waals surface area contributed by atoms with Crippen LogP contribution in [0.3, 0.4) is 0 Å². The molecule has 3 aromatic rings. The number of aromatic carboxylic acids is 1. The minimum Gasteiger partial charge on any atom is -0.496 e. The summed E-state index contributed by atoms with van der Waals surface area (Å²) >= 11 is 5.96. The standard InChI is InChI=1S/C23H19ClN2O6/c1-32-21-9-7-17(24)13-19(21)22(27)25-11-10-14-2-4-15(5-3-14)18-8-6-16(23(28)29)12-20(18)26(30)31/h2-9,12-13H,10-11H2,1H3,(H,25,27)(H,28,29). The molecule has 2 N–H and O–H groups in total. The van der Waals surface area contributed by atoms with Crippen LogP contribution in [0.4, 0.5) is 5.69 Å². The first-order valence-electron chi connectivity index (χ1n) is 9.53. The number of benzene rings is 3. The van der Waals surface area contributed by atoms with Crippen molar-refractivity contribution in [2.75, 3.05) is 13.7 Å². The first kappa shape index (κ1) is 22.8. The number of rotatable bonds is 8. The zero-order valence-corrected chi connectivity index (χ0v) is 17.8. The highest BCUT2D eigenvalue weighted by Gasteiger charge is 2.18. The highest BCUT2D eigenvalue weighted by molar-refractivity contribution is 6.31. The van der Waals surface area contributed by atoms with Crippen molar-refractivity contribution in [1.29, 1.82) is 0 Å². The molecular weight excluding hydrogens is 436 g/mol. The van der Waals surface area contributed by atoms with E-state index in [9.17, 15) is 19.7 Å². The van der Waals surface area contributed by atoms with Crippen LogP contribution in [0, 0.1) is 10.1 Å². The summed E-state index contributed by atoms with van der Waals surface area (Å²) in [6, 6.07) is 15.6. The molecule has 0 radical (unpaired) electrons. The molecule has 3 aromatic carbocycles. The normalized spacial score (nSPS) is 10.4. The van der Waals surface area contributed by atoms with Gasteiger partial charge in [0.15, 0.2) is 0 Å². The summed E-state index contributed by atoms with van der Waals surface area (Å²) in [6.07, 6.45) is 0.537. The van der Waals surface area contributed by atoms with Gasteiger partial charge in [0, 0.05) is 17.6 Å². The van der Waals surface area contributed by atoms with Gasteiger partial charge in [-0.2, -0.15) is 0 Å². The van der Waals surface area contributed by atoms with Crippen LogP contribution < -0.4 is 10.1 Å². The SMILES string of the molecule is COc1ccc(Cl)cc1C(=O)NCCc1ccc(-c2ccc(C(=O)O)cc2[N+](=O)[O-])cc1. The maximum atomic E-state index is 12.4. The van der Waals surface area contributed by atoms with Crippen molar-refractivity contribution >= 4 is 29.2 Å². The van der Waals surface area contributed by atoms with Gasteiger partial charge in [-0.05, 0) is 47.9 Å². The van der Waals surface area contributed by atoms with Crippen LogP contribution in [0.25, 0.3) is 11.1 Å². The average Bonchev–Trinajstić information content (AvgIpc) is 2.79. The molecule has 8 nitrogen and oxygen atoms in total. The van der Waals surface area contributed by atoms with Crippen LogP contribution in [0.1, 0.15) is 26.3 Å². The van der Waals surface area contributed by atoms with Gasteiger partial charge in [-0.1, -0.05) is 35.9 Å². The van der Waals surface area contributed by atoms with Crippen LogP contribution >= 0.6 is 11.6 Å². The largest absolute Gasteiger partial charge is 0.496 e. The Morgan fingerprint density at radius 3 is 2.44 bits per heavy atom. The lowest BCUT2D eigenvalue weighted by Gasteiger charge is -2.10. The Hall–Kier alpha value is -3.91. The van der Waals surface area contributed by atoms with Crippen molar-refractivity contribution < 1.29 is 24.4 Å². The zero-order chi connectivity index (χ0) is 23.3. The third-order valence-corrected chi connectivity index (χ3v) is 5.05. The van der Waals surface area contributed by atoms with Gasteiger partial charge in [0.1, 0.15) is 5.75 Å². The Labute approximate surface area is 188 Å². The molecule has 0 aliphatic carbocycles. The molecule has 0 saturated heterocycles. The lowest BCUT2D eigenvalue weighted by molar-refractivity contribution is -0.384. The summed E-state index contributed by atoms with van der Waals surface area (Å²) in [5.74, 6) is -1.12. The number of methoxy groups -OCH3 is 1. The number of nitrogens with one attached hydrogen (secondary N) is 1. The van der Waals surface area contributed by atoms with Crippen LogP contribution in [-0.4, -0.2) is 35.6 Å². The van der Waals surface area contributed by atoms with Crippen LogP contribution in [0.5, 0.6) is 5.75 Å². The molecule has 9 heteroatoms. The fourth-order valence-electron chi connectivity index (χ4n) is 3.18. The highest BCUT2D eigenvalue weighted by atomic mass is 35.5. The number of nitrogens with zero attached hydrogens (tertiary/aromatic N) is 1. The fourth-order valence-corrected chi connectivity index (χ4v) is 3.36. The molecule has 1 amide bonds. The van der Waals surface area contributed by atoms with E-state index in [2.05, 4.69) is 5.32 Å². The van der Waals surface area contributed by atoms with Gasteiger partial charge in [0.25, 0.3) is 11.6 Å². The minimum atomic E-state index is -1.23. The molecule has 0 saturated carbocycles. The number of ether oxygens (including phenoxy) is 1. The van der Waals surface area contributed by atoms with Gasteiger partial charge in [-0.25, -0.2) is 4.79 Å². The highest BCUT2D eigenvalue weighted by Crippen LogP contribution is 2.31. The number of amides is 1. The molecule has 0 aromatic heterocycles. The molecule has 0 spiro atoms. The van der Waals surface area contributed by atoms with E-state index in [1.54, 1.807) is 36.4 Å². The second kappa shape index (κ2) is 9.93. The van der Waals surface area contributed by atoms with Crippen molar-refractivity contribution in [3.05, 3.63) is 92.5 Å². The molecule has 0 unspecified atom stereocenters. The average molecular weight is 455 g/mol. The Balaban J connectivity index is 1.68. The van der Waals surface area contributed by atoms with E-state index in [-0.39, 0.29) is 17.2 Å². The van der Waals surface area contributed by atoms with Crippen molar-refractivity contribution in [3.8, 4) is 16.9 Å². The number of halogens is 1. The van der Waals surface area contributed by atoms with Crippen molar-refractivity contribution in [2.24, 2.45) is 0 Å². The first-order valence-corrected chi connectivity index (χ1v) is 9.90. The van der Waals surface area contributed by atoms with Crippen LogP contribution in [0.2, 0.25) is 5.02 Å². The maximum Gasteiger partial charge on any atom is 0.335 e. The number of nitro groups is 1. The van der Waals surface area contributed by atoms with Crippen molar-refractivity contribution in [1.82, 2.24) is 5.32 Å². The zero-order valence-electron chi connectivity index (χ0n) is 17.0. The summed E-state index contributed by atoms with van der Waals surface area (Å²) in [7, 11) is 1.47. The predicted octanol–water partition coefficient (Wildman–Crippen LogP) is 4.59. The third-order valence-electron chi connectivity index (χ3n) is 4.81. The molecule has 164 valence electrons. The van der Waals surface area contributed by atoms with E-state index in [0.717, 1.165) is 11.6 Å². The van der Waals surface area contributed by atoms with E-state index < -0.39 is 10.9 Å². The summed E-state index contributed by atoms with van der Waals surface area (Å²) in [6.45, 7) is 0.362.